The largest absolute Gasteiger partial charge is 0.508 e. The van der Waals surface area contributed by atoms with Crippen LogP contribution in [-0.4, -0.2) is 73.9 Å². The lowest BCUT2D eigenvalue weighted by Gasteiger charge is -2.27. The van der Waals surface area contributed by atoms with Gasteiger partial charge in [-0.25, -0.2) is 9.78 Å². The Bertz CT molecular complexity index is 1140. The number of aromatic hydroxyl groups is 1. The molecule has 0 fully saturated rings. The van der Waals surface area contributed by atoms with Gasteiger partial charge in [0.1, 0.15) is 23.9 Å². The molecule has 4 atom stereocenters. The minimum Gasteiger partial charge on any atom is -0.508 e. The Morgan fingerprint density at radius 2 is 1.59 bits per heavy atom. The molecule has 2 aromatic rings. The number of aromatic nitrogens is 2. The van der Waals surface area contributed by atoms with Crippen molar-refractivity contribution in [2.45, 2.75) is 63.7 Å². The molecule has 0 spiro atoms. The smallest absolute Gasteiger partial charge is 0.326 e. The molecule has 10 N–H and O–H groups in total. The highest BCUT2D eigenvalue weighted by molar-refractivity contribution is 5.94. The molecule has 4 unspecified atom stereocenters. The Hall–Kier alpha value is -4.46. The van der Waals surface area contributed by atoms with Crippen molar-refractivity contribution in [2.24, 2.45) is 17.4 Å². The number of primary amides is 1. The summed E-state index contributed by atoms with van der Waals surface area (Å²) in [7, 11) is 0. The molecule has 1 aromatic heterocycles. The van der Waals surface area contributed by atoms with Gasteiger partial charge < -0.3 is 42.6 Å². The van der Waals surface area contributed by atoms with Gasteiger partial charge in [-0.3, -0.25) is 19.2 Å². The zero-order valence-electron chi connectivity index (χ0n) is 21.7. The van der Waals surface area contributed by atoms with Crippen molar-refractivity contribution in [1.82, 2.24) is 25.9 Å². The molecule has 2 rings (SSSR count). The third kappa shape index (κ3) is 10.1. The van der Waals surface area contributed by atoms with Crippen LogP contribution in [0.2, 0.25) is 0 Å². The third-order valence-electron chi connectivity index (χ3n) is 5.88. The van der Waals surface area contributed by atoms with Crippen LogP contribution in [0.15, 0.2) is 36.8 Å². The van der Waals surface area contributed by atoms with Crippen molar-refractivity contribution in [3.05, 3.63) is 48.0 Å². The fraction of sp³-hybridized carbons (Fsp3) is 0.440. The molecule has 0 radical (unpaired) electrons. The molecule has 0 bridgehead atoms. The first-order valence-electron chi connectivity index (χ1n) is 12.3. The van der Waals surface area contributed by atoms with Crippen LogP contribution in [0.5, 0.6) is 5.75 Å². The van der Waals surface area contributed by atoms with E-state index in [0.29, 0.717) is 11.3 Å². The number of carbonyl (C=O) groups excluding carboxylic acids is 4. The average Bonchev–Trinajstić information content (AvgIpc) is 3.38. The first-order valence-corrected chi connectivity index (χ1v) is 12.3. The molecule has 212 valence electrons. The molecule has 39 heavy (non-hydrogen) atoms. The van der Waals surface area contributed by atoms with Gasteiger partial charge in [0.2, 0.25) is 23.6 Å². The van der Waals surface area contributed by atoms with Crippen LogP contribution in [0.4, 0.5) is 0 Å². The number of amides is 4. The number of nitrogens with zero attached hydrogens (tertiary/aromatic N) is 1. The van der Waals surface area contributed by atoms with E-state index in [1.165, 1.54) is 36.8 Å². The first-order chi connectivity index (χ1) is 18.4. The van der Waals surface area contributed by atoms with Crippen molar-refractivity contribution in [3.63, 3.8) is 0 Å². The van der Waals surface area contributed by atoms with E-state index < -0.39 is 59.7 Å². The van der Waals surface area contributed by atoms with Crippen LogP contribution >= 0.6 is 0 Å². The molecule has 0 saturated carbocycles. The zero-order valence-corrected chi connectivity index (χ0v) is 21.7. The normalized spacial score (nSPS) is 14.1. The maximum Gasteiger partial charge on any atom is 0.326 e. The minimum atomic E-state index is -1.31. The van der Waals surface area contributed by atoms with Crippen molar-refractivity contribution in [3.8, 4) is 5.75 Å². The summed E-state index contributed by atoms with van der Waals surface area (Å²) >= 11 is 0. The molecule has 1 heterocycles. The van der Waals surface area contributed by atoms with Crippen LogP contribution < -0.4 is 27.4 Å². The maximum atomic E-state index is 13.1. The summed E-state index contributed by atoms with van der Waals surface area (Å²) in [6.07, 6.45) is 2.62. The number of phenolic OH excluding ortho intramolecular Hbond substituents is 1. The summed E-state index contributed by atoms with van der Waals surface area (Å²) < 4.78 is 0. The summed E-state index contributed by atoms with van der Waals surface area (Å²) in [5.41, 5.74) is 12.3. The number of aliphatic carboxylic acids is 1. The van der Waals surface area contributed by atoms with Crippen molar-refractivity contribution < 1.29 is 34.2 Å². The predicted octanol–water partition coefficient (Wildman–Crippen LogP) is -1.31. The van der Waals surface area contributed by atoms with Crippen molar-refractivity contribution in [2.75, 3.05) is 0 Å². The number of carboxylic acids is 1. The topological polar surface area (TPSA) is 243 Å². The number of hydrogen-bond donors (Lipinski definition) is 8. The van der Waals surface area contributed by atoms with Crippen molar-refractivity contribution >= 4 is 29.6 Å². The van der Waals surface area contributed by atoms with E-state index in [1.807, 2.05) is 0 Å². The lowest BCUT2D eigenvalue weighted by atomic mass is 10.00. The van der Waals surface area contributed by atoms with Crippen LogP contribution in [0.1, 0.15) is 37.9 Å². The van der Waals surface area contributed by atoms with Gasteiger partial charge in [0, 0.05) is 31.2 Å². The number of aromatic amines is 1. The monoisotopic (exact) mass is 545 g/mol. The molecule has 0 saturated heterocycles. The second kappa shape index (κ2) is 14.5. The lowest BCUT2D eigenvalue weighted by Crippen LogP contribution is -2.58. The second-order valence-electron chi connectivity index (χ2n) is 9.45. The Balaban J connectivity index is 2.11. The highest BCUT2D eigenvalue weighted by atomic mass is 16.4. The summed E-state index contributed by atoms with van der Waals surface area (Å²) in [6, 6.07) is 1.11. The first kappa shape index (κ1) is 30.8. The van der Waals surface area contributed by atoms with Gasteiger partial charge in [-0.2, -0.15) is 0 Å². The van der Waals surface area contributed by atoms with Crippen LogP contribution in [0.3, 0.4) is 0 Å². The van der Waals surface area contributed by atoms with E-state index in [2.05, 4.69) is 25.9 Å². The molecular weight excluding hydrogens is 510 g/mol. The minimum absolute atomic E-state index is 0.0116. The highest BCUT2D eigenvalue weighted by Gasteiger charge is 2.32. The SMILES string of the molecule is CC(C)C(NC(=O)C(CCC(N)=O)NC(=O)C(N)Cc1cnc[nH]1)C(=O)NC(Cc1ccc(O)cc1)C(=O)O. The van der Waals surface area contributed by atoms with Gasteiger partial charge in [-0.15, -0.1) is 0 Å². The quantitative estimate of drug-likeness (QED) is 0.132. The third-order valence-corrected chi connectivity index (χ3v) is 5.88. The predicted molar refractivity (Wildman–Crippen MR) is 139 cm³/mol. The average molecular weight is 546 g/mol. The lowest BCUT2D eigenvalue weighted by molar-refractivity contribution is -0.142. The number of hydrogen-bond acceptors (Lipinski definition) is 8. The molecule has 14 heteroatoms. The van der Waals surface area contributed by atoms with Crippen LogP contribution in [-0.2, 0) is 36.8 Å². The molecule has 1 aromatic carbocycles. The number of H-pyrrole nitrogens is 1. The van der Waals surface area contributed by atoms with E-state index in [1.54, 1.807) is 13.8 Å². The van der Waals surface area contributed by atoms with Crippen molar-refractivity contribution in [1.29, 1.82) is 0 Å². The van der Waals surface area contributed by atoms with E-state index in [0.717, 1.165) is 0 Å². The fourth-order valence-corrected chi connectivity index (χ4v) is 3.68. The fourth-order valence-electron chi connectivity index (χ4n) is 3.68. The number of nitrogens with two attached hydrogens (primary N) is 2. The molecule has 4 amide bonds. The standard InChI is InChI=1S/C25H35N7O7/c1-13(2)21(24(37)31-19(25(38)39)9-14-3-5-16(33)6-4-14)32-23(36)18(7-8-20(27)34)30-22(35)17(26)10-15-11-28-12-29-15/h3-6,11-13,17-19,21,33H,7-10,26H2,1-2H3,(H2,27,34)(H,28,29)(H,30,35)(H,31,37)(H,32,36)(H,38,39). The van der Waals surface area contributed by atoms with E-state index in [4.69, 9.17) is 11.5 Å². The van der Waals surface area contributed by atoms with Gasteiger partial charge >= 0.3 is 5.97 Å². The number of imidazole rings is 1. The van der Waals surface area contributed by atoms with Crippen LogP contribution in [0.25, 0.3) is 0 Å². The number of benzene rings is 1. The van der Waals surface area contributed by atoms with Gasteiger partial charge in [0.15, 0.2) is 0 Å². The Morgan fingerprint density at radius 1 is 0.949 bits per heavy atom. The molecule has 14 nitrogen and oxygen atoms in total. The molecule has 0 aliphatic rings. The number of rotatable bonds is 15. The highest BCUT2D eigenvalue weighted by Crippen LogP contribution is 2.12. The molecule has 0 aliphatic heterocycles. The number of phenols is 1. The summed E-state index contributed by atoms with van der Waals surface area (Å²) in [5.74, 6) is -4.62. The Kier molecular flexibility index (Phi) is 11.4. The van der Waals surface area contributed by atoms with Crippen LogP contribution in [0, 0.1) is 5.92 Å². The summed E-state index contributed by atoms with van der Waals surface area (Å²) in [6.45, 7) is 3.30. The van der Waals surface area contributed by atoms with Gasteiger partial charge in [-0.1, -0.05) is 26.0 Å². The number of carbonyl (C=O) groups is 5. The summed E-state index contributed by atoms with van der Waals surface area (Å²) in [4.78, 5) is 68.7. The maximum absolute atomic E-state index is 13.1. The van der Waals surface area contributed by atoms with Gasteiger partial charge in [0.25, 0.3) is 0 Å². The zero-order chi connectivity index (χ0) is 29.1. The van der Waals surface area contributed by atoms with Gasteiger partial charge in [0.05, 0.1) is 12.4 Å². The molecule has 0 aliphatic carbocycles. The number of nitrogens with one attached hydrogen (secondary N) is 4. The Labute approximate surface area is 224 Å². The summed E-state index contributed by atoms with van der Waals surface area (Å²) in [5, 5.41) is 26.5. The second-order valence-corrected chi connectivity index (χ2v) is 9.45. The Morgan fingerprint density at radius 3 is 2.13 bits per heavy atom. The molecular formula is C25H35N7O7. The van der Waals surface area contributed by atoms with E-state index >= 15 is 0 Å². The van der Waals surface area contributed by atoms with Gasteiger partial charge in [-0.05, 0) is 30.0 Å². The number of carboxylic acid groups (broad SMARTS) is 1. The van der Waals surface area contributed by atoms with E-state index in [9.17, 15) is 34.2 Å². The van der Waals surface area contributed by atoms with E-state index in [-0.39, 0.29) is 31.4 Å².